The van der Waals surface area contributed by atoms with E-state index in [1.165, 1.54) is 12.1 Å². The van der Waals surface area contributed by atoms with Crippen LogP contribution in [-0.2, 0) is 0 Å². The van der Waals surface area contributed by atoms with Gasteiger partial charge >= 0.3 is 0 Å². The highest BCUT2D eigenvalue weighted by molar-refractivity contribution is 9.10. The van der Waals surface area contributed by atoms with Crippen molar-refractivity contribution in [3.05, 3.63) is 70.6 Å². The maximum atomic E-state index is 13.8. The number of hydrogen-bond donors (Lipinski definition) is 1. The molecule has 2 aromatic carbocycles. The molecule has 3 nitrogen and oxygen atoms in total. The molecule has 0 aliphatic carbocycles. The summed E-state index contributed by atoms with van der Waals surface area (Å²) >= 11 is 3.18. The maximum absolute atomic E-state index is 13.8. The Morgan fingerprint density at radius 1 is 1.14 bits per heavy atom. The third-order valence-corrected chi connectivity index (χ3v) is 3.56. The fourth-order valence-electron chi connectivity index (χ4n) is 2.08. The largest absolute Gasteiger partial charge is 0.319 e. The van der Waals surface area contributed by atoms with Crippen LogP contribution in [-0.4, -0.2) is 10.9 Å². The van der Waals surface area contributed by atoms with E-state index in [1.54, 1.807) is 30.5 Å². The van der Waals surface area contributed by atoms with Crippen LogP contribution in [0.1, 0.15) is 10.4 Å². The van der Waals surface area contributed by atoms with E-state index in [9.17, 15) is 9.18 Å². The number of carbonyl (C=O) groups is 1. The summed E-state index contributed by atoms with van der Waals surface area (Å²) < 4.78 is 14.4. The molecule has 21 heavy (non-hydrogen) atoms. The molecular weight excluding hydrogens is 335 g/mol. The lowest BCUT2D eigenvalue weighted by molar-refractivity contribution is 0.102. The molecule has 1 aromatic heterocycles. The van der Waals surface area contributed by atoms with E-state index in [2.05, 4.69) is 26.2 Å². The van der Waals surface area contributed by atoms with Gasteiger partial charge in [0.2, 0.25) is 0 Å². The highest BCUT2D eigenvalue weighted by Gasteiger charge is 2.12. The Morgan fingerprint density at radius 2 is 2.00 bits per heavy atom. The summed E-state index contributed by atoms with van der Waals surface area (Å²) in [6.45, 7) is 0. The molecule has 0 aliphatic heterocycles. The molecule has 0 atom stereocenters. The van der Waals surface area contributed by atoms with Gasteiger partial charge in [0, 0.05) is 21.6 Å². The Kier molecular flexibility index (Phi) is 3.66. The molecule has 1 heterocycles. The van der Waals surface area contributed by atoms with Crippen molar-refractivity contribution in [3.8, 4) is 0 Å². The SMILES string of the molecule is O=C(Nc1ccc(Br)cc1F)c1cccc2ncccc12. The smallest absolute Gasteiger partial charge is 0.256 e. The quantitative estimate of drug-likeness (QED) is 0.749. The van der Waals surface area contributed by atoms with Crippen LogP contribution in [0.25, 0.3) is 10.9 Å². The fourth-order valence-corrected chi connectivity index (χ4v) is 2.41. The minimum atomic E-state index is -0.490. The second-order valence-electron chi connectivity index (χ2n) is 4.45. The Morgan fingerprint density at radius 3 is 2.81 bits per heavy atom. The van der Waals surface area contributed by atoms with Crippen LogP contribution in [0.2, 0.25) is 0 Å². The van der Waals surface area contributed by atoms with Crippen LogP contribution in [0, 0.1) is 5.82 Å². The first-order valence-electron chi connectivity index (χ1n) is 6.25. The van der Waals surface area contributed by atoms with E-state index in [1.807, 2.05) is 12.1 Å². The number of nitrogens with zero attached hydrogens (tertiary/aromatic N) is 1. The summed E-state index contributed by atoms with van der Waals surface area (Å²) in [6.07, 6.45) is 1.67. The lowest BCUT2D eigenvalue weighted by atomic mass is 10.1. The standard InChI is InChI=1S/C16H10BrFN2O/c17-10-6-7-15(13(18)9-10)20-16(21)12-3-1-5-14-11(12)4-2-8-19-14/h1-9H,(H,20,21). The second-order valence-corrected chi connectivity index (χ2v) is 5.37. The van der Waals surface area contributed by atoms with Crippen molar-refractivity contribution in [2.24, 2.45) is 0 Å². The number of pyridine rings is 1. The summed E-state index contributed by atoms with van der Waals surface area (Å²) in [5.41, 5.74) is 1.33. The van der Waals surface area contributed by atoms with Crippen LogP contribution in [0.5, 0.6) is 0 Å². The minimum Gasteiger partial charge on any atom is -0.319 e. The lowest BCUT2D eigenvalue weighted by Gasteiger charge is -2.08. The summed E-state index contributed by atoms with van der Waals surface area (Å²) in [7, 11) is 0. The summed E-state index contributed by atoms with van der Waals surface area (Å²) in [5, 5.41) is 3.31. The van der Waals surface area contributed by atoms with Gasteiger partial charge in [-0.1, -0.05) is 28.1 Å². The number of aromatic nitrogens is 1. The summed E-state index contributed by atoms with van der Waals surface area (Å²) in [5.74, 6) is -0.856. The van der Waals surface area contributed by atoms with Gasteiger partial charge in [-0.25, -0.2) is 4.39 Å². The molecule has 0 unspecified atom stereocenters. The average molecular weight is 345 g/mol. The van der Waals surface area contributed by atoms with Gasteiger partial charge in [-0.05, 0) is 36.4 Å². The third kappa shape index (κ3) is 2.78. The van der Waals surface area contributed by atoms with E-state index in [0.717, 1.165) is 10.9 Å². The van der Waals surface area contributed by atoms with Gasteiger partial charge < -0.3 is 5.32 Å². The molecule has 0 saturated heterocycles. The molecule has 0 aliphatic rings. The monoisotopic (exact) mass is 344 g/mol. The zero-order chi connectivity index (χ0) is 14.8. The highest BCUT2D eigenvalue weighted by Crippen LogP contribution is 2.22. The first-order valence-corrected chi connectivity index (χ1v) is 7.04. The van der Waals surface area contributed by atoms with E-state index in [4.69, 9.17) is 0 Å². The molecular formula is C16H10BrFN2O. The zero-order valence-electron chi connectivity index (χ0n) is 10.8. The molecule has 1 amide bonds. The summed E-state index contributed by atoms with van der Waals surface area (Å²) in [4.78, 5) is 16.5. The van der Waals surface area contributed by atoms with Gasteiger partial charge in [-0.2, -0.15) is 0 Å². The number of halogens is 2. The van der Waals surface area contributed by atoms with E-state index in [0.29, 0.717) is 10.0 Å². The molecule has 3 rings (SSSR count). The molecule has 104 valence electrons. The van der Waals surface area contributed by atoms with Gasteiger partial charge in [0.25, 0.3) is 5.91 Å². The lowest BCUT2D eigenvalue weighted by Crippen LogP contribution is -2.13. The second kappa shape index (κ2) is 5.61. The van der Waals surface area contributed by atoms with Gasteiger partial charge in [0.1, 0.15) is 5.82 Å². The molecule has 1 N–H and O–H groups in total. The van der Waals surface area contributed by atoms with Gasteiger partial charge in [-0.15, -0.1) is 0 Å². The predicted octanol–water partition coefficient (Wildman–Crippen LogP) is 4.39. The van der Waals surface area contributed by atoms with E-state index < -0.39 is 5.82 Å². The average Bonchev–Trinajstić information content (AvgIpc) is 2.49. The van der Waals surface area contributed by atoms with E-state index >= 15 is 0 Å². The van der Waals surface area contributed by atoms with Crippen LogP contribution in [0.3, 0.4) is 0 Å². The van der Waals surface area contributed by atoms with Crippen molar-refractivity contribution in [2.75, 3.05) is 5.32 Å². The molecule has 0 radical (unpaired) electrons. The number of carbonyl (C=O) groups excluding carboxylic acids is 1. The number of benzene rings is 2. The number of fused-ring (bicyclic) bond motifs is 1. The molecule has 0 bridgehead atoms. The Hall–Kier alpha value is -2.27. The number of hydrogen-bond acceptors (Lipinski definition) is 2. The topological polar surface area (TPSA) is 42.0 Å². The summed E-state index contributed by atoms with van der Waals surface area (Å²) in [6, 6.07) is 13.3. The molecule has 0 fully saturated rings. The van der Waals surface area contributed by atoms with Gasteiger partial charge in [0.05, 0.1) is 11.2 Å². The van der Waals surface area contributed by atoms with Crippen LogP contribution < -0.4 is 5.32 Å². The van der Waals surface area contributed by atoms with Crippen molar-refractivity contribution in [1.29, 1.82) is 0 Å². The number of amides is 1. The van der Waals surface area contributed by atoms with E-state index in [-0.39, 0.29) is 11.6 Å². The first kappa shape index (κ1) is 13.7. The Labute approximate surface area is 128 Å². The van der Waals surface area contributed by atoms with Crippen molar-refractivity contribution < 1.29 is 9.18 Å². The number of rotatable bonds is 2. The molecule has 3 aromatic rings. The predicted molar refractivity (Wildman–Crippen MR) is 83.8 cm³/mol. The first-order chi connectivity index (χ1) is 10.1. The molecule has 0 saturated carbocycles. The normalized spacial score (nSPS) is 10.6. The van der Waals surface area contributed by atoms with Crippen molar-refractivity contribution in [2.45, 2.75) is 0 Å². The Balaban J connectivity index is 1.97. The van der Waals surface area contributed by atoms with Gasteiger partial charge in [0.15, 0.2) is 0 Å². The highest BCUT2D eigenvalue weighted by atomic mass is 79.9. The van der Waals surface area contributed by atoms with Crippen molar-refractivity contribution in [1.82, 2.24) is 4.98 Å². The maximum Gasteiger partial charge on any atom is 0.256 e. The van der Waals surface area contributed by atoms with Crippen LogP contribution in [0.15, 0.2) is 59.2 Å². The van der Waals surface area contributed by atoms with Crippen LogP contribution in [0.4, 0.5) is 10.1 Å². The van der Waals surface area contributed by atoms with Crippen molar-refractivity contribution in [3.63, 3.8) is 0 Å². The van der Waals surface area contributed by atoms with Crippen molar-refractivity contribution >= 4 is 38.4 Å². The number of anilines is 1. The van der Waals surface area contributed by atoms with Gasteiger partial charge in [-0.3, -0.25) is 9.78 Å². The van der Waals surface area contributed by atoms with Crippen LogP contribution >= 0.6 is 15.9 Å². The molecule has 5 heteroatoms. The Bertz CT molecular complexity index is 830. The zero-order valence-corrected chi connectivity index (χ0v) is 12.4. The minimum absolute atomic E-state index is 0.143. The molecule has 0 spiro atoms. The third-order valence-electron chi connectivity index (χ3n) is 3.07. The fraction of sp³-hybridized carbons (Fsp3) is 0. The number of nitrogens with one attached hydrogen (secondary N) is 1.